The van der Waals surface area contributed by atoms with E-state index in [-0.39, 0.29) is 6.61 Å². The minimum absolute atomic E-state index is 0.00144. The van der Waals surface area contributed by atoms with Crippen LogP contribution >= 0.6 is 0 Å². The van der Waals surface area contributed by atoms with Gasteiger partial charge in [0.05, 0.1) is 13.2 Å². The molecule has 0 saturated carbocycles. The number of nitrogens with zero attached hydrogens (tertiary/aromatic N) is 2. The van der Waals surface area contributed by atoms with Crippen LogP contribution in [0.4, 0.5) is 0 Å². The quantitative estimate of drug-likeness (QED) is 0.719. The summed E-state index contributed by atoms with van der Waals surface area (Å²) in [5.41, 5.74) is 0.752. The van der Waals surface area contributed by atoms with Crippen molar-refractivity contribution in [2.45, 2.75) is 18.9 Å². The van der Waals surface area contributed by atoms with E-state index in [4.69, 9.17) is 9.84 Å². The third-order valence-electron chi connectivity index (χ3n) is 2.20. The average molecular weight is 180 g/mol. The Morgan fingerprint density at radius 1 is 1.46 bits per heavy atom. The molecular weight excluding hydrogens is 168 g/mol. The molecule has 1 aromatic rings. The minimum Gasteiger partial charge on any atom is -0.392 e. The van der Waals surface area contributed by atoms with Crippen molar-refractivity contribution in [1.82, 2.24) is 9.97 Å². The van der Waals surface area contributed by atoms with Crippen LogP contribution in [0.15, 0.2) is 12.4 Å². The maximum Gasteiger partial charge on any atom is 0.133 e. The van der Waals surface area contributed by atoms with Gasteiger partial charge >= 0.3 is 0 Å². The monoisotopic (exact) mass is 180 g/mol. The van der Waals surface area contributed by atoms with Crippen molar-refractivity contribution in [2.75, 3.05) is 13.2 Å². The summed E-state index contributed by atoms with van der Waals surface area (Å²) in [6.07, 6.45) is 4.33. The molecule has 0 aromatic carbocycles. The molecule has 1 fully saturated rings. The predicted molar refractivity (Wildman–Crippen MR) is 46.1 cm³/mol. The number of hydrogen-bond acceptors (Lipinski definition) is 4. The molecule has 1 N–H and O–H groups in total. The molecule has 0 aliphatic carbocycles. The third-order valence-corrected chi connectivity index (χ3v) is 2.20. The van der Waals surface area contributed by atoms with Crippen molar-refractivity contribution in [2.24, 2.45) is 0 Å². The third kappa shape index (κ3) is 1.84. The van der Waals surface area contributed by atoms with Crippen LogP contribution in [-0.2, 0) is 11.3 Å². The highest BCUT2D eigenvalue weighted by molar-refractivity contribution is 5.06. The first-order valence-corrected chi connectivity index (χ1v) is 4.39. The van der Waals surface area contributed by atoms with Crippen molar-refractivity contribution >= 4 is 0 Å². The van der Waals surface area contributed by atoms with Gasteiger partial charge in [-0.3, -0.25) is 0 Å². The van der Waals surface area contributed by atoms with Gasteiger partial charge in [-0.2, -0.15) is 0 Å². The predicted octanol–water partition coefficient (Wildman–Crippen LogP) is 0.473. The molecule has 1 atom stereocenters. The second-order valence-corrected chi connectivity index (χ2v) is 3.17. The standard InChI is InChI=1S/C9H12N2O2/c12-5-7-3-10-9(11-4-7)8-1-2-13-6-8/h3-4,8,12H,1-2,5-6H2. The first kappa shape index (κ1) is 8.59. The number of aliphatic hydroxyl groups excluding tert-OH is 1. The number of aliphatic hydroxyl groups is 1. The summed E-state index contributed by atoms with van der Waals surface area (Å²) >= 11 is 0. The number of ether oxygens (including phenoxy) is 1. The Hall–Kier alpha value is -1.00. The van der Waals surface area contributed by atoms with Crippen molar-refractivity contribution < 1.29 is 9.84 Å². The van der Waals surface area contributed by atoms with Crippen LogP contribution in [0.25, 0.3) is 0 Å². The molecule has 2 heterocycles. The molecule has 1 unspecified atom stereocenters. The molecule has 0 amide bonds. The maximum atomic E-state index is 8.79. The van der Waals surface area contributed by atoms with E-state index in [0.717, 1.165) is 31.0 Å². The normalized spacial score (nSPS) is 22.1. The molecule has 0 bridgehead atoms. The molecule has 13 heavy (non-hydrogen) atoms. The first-order valence-electron chi connectivity index (χ1n) is 4.39. The summed E-state index contributed by atoms with van der Waals surface area (Å²) in [6.45, 7) is 1.52. The molecule has 4 nitrogen and oxygen atoms in total. The van der Waals surface area contributed by atoms with Gasteiger partial charge in [-0.1, -0.05) is 0 Å². The second-order valence-electron chi connectivity index (χ2n) is 3.17. The van der Waals surface area contributed by atoms with Crippen LogP contribution in [0.1, 0.15) is 23.7 Å². The van der Waals surface area contributed by atoms with Crippen LogP contribution < -0.4 is 0 Å². The highest BCUT2D eigenvalue weighted by Crippen LogP contribution is 2.21. The summed E-state index contributed by atoms with van der Waals surface area (Å²) in [5, 5.41) is 8.79. The SMILES string of the molecule is OCc1cnc(C2CCOC2)nc1. The molecule has 1 aromatic heterocycles. The number of aromatic nitrogens is 2. The summed E-state index contributed by atoms with van der Waals surface area (Å²) in [5.74, 6) is 1.17. The van der Waals surface area contributed by atoms with Gasteiger partial charge < -0.3 is 9.84 Å². The van der Waals surface area contributed by atoms with Gasteiger partial charge in [0.1, 0.15) is 5.82 Å². The van der Waals surface area contributed by atoms with Crippen molar-refractivity contribution in [3.63, 3.8) is 0 Å². The van der Waals surface area contributed by atoms with Gasteiger partial charge in [0.15, 0.2) is 0 Å². The van der Waals surface area contributed by atoms with Gasteiger partial charge in [0.2, 0.25) is 0 Å². The van der Waals surface area contributed by atoms with E-state index in [1.807, 2.05) is 0 Å². The van der Waals surface area contributed by atoms with Crippen LogP contribution in [-0.4, -0.2) is 28.3 Å². The van der Waals surface area contributed by atoms with Gasteiger partial charge in [0, 0.05) is 30.5 Å². The summed E-state index contributed by atoms with van der Waals surface area (Å²) in [4.78, 5) is 8.36. The fraction of sp³-hybridized carbons (Fsp3) is 0.556. The Kier molecular flexibility index (Phi) is 2.52. The Bertz CT molecular complexity index is 267. The molecule has 0 radical (unpaired) electrons. The van der Waals surface area contributed by atoms with Gasteiger partial charge in [-0.15, -0.1) is 0 Å². The highest BCUT2D eigenvalue weighted by Gasteiger charge is 2.19. The lowest BCUT2D eigenvalue weighted by atomic mass is 10.1. The van der Waals surface area contributed by atoms with E-state index in [2.05, 4.69) is 9.97 Å². The average Bonchev–Trinajstić information content (AvgIpc) is 2.71. The fourth-order valence-corrected chi connectivity index (χ4v) is 1.40. The molecule has 1 aliphatic heterocycles. The molecule has 0 spiro atoms. The zero-order chi connectivity index (χ0) is 9.10. The Morgan fingerprint density at radius 3 is 2.77 bits per heavy atom. The zero-order valence-corrected chi connectivity index (χ0v) is 7.31. The first-order chi connectivity index (χ1) is 6.40. The lowest BCUT2D eigenvalue weighted by Gasteiger charge is -2.05. The minimum atomic E-state index is 0.00144. The van der Waals surface area contributed by atoms with E-state index in [0.29, 0.717) is 5.92 Å². The zero-order valence-electron chi connectivity index (χ0n) is 7.31. The van der Waals surface area contributed by atoms with Crippen LogP contribution in [0.2, 0.25) is 0 Å². The lowest BCUT2D eigenvalue weighted by molar-refractivity contribution is 0.193. The van der Waals surface area contributed by atoms with Gasteiger partial charge in [-0.25, -0.2) is 9.97 Å². The summed E-state index contributed by atoms with van der Waals surface area (Å²) in [6, 6.07) is 0. The number of hydrogen-bond donors (Lipinski definition) is 1. The van der Waals surface area contributed by atoms with Crippen molar-refractivity contribution in [3.8, 4) is 0 Å². The molecule has 2 rings (SSSR count). The maximum absolute atomic E-state index is 8.79. The Morgan fingerprint density at radius 2 is 2.23 bits per heavy atom. The fourth-order valence-electron chi connectivity index (χ4n) is 1.40. The Balaban J connectivity index is 2.12. The van der Waals surface area contributed by atoms with E-state index in [1.54, 1.807) is 12.4 Å². The van der Waals surface area contributed by atoms with E-state index < -0.39 is 0 Å². The van der Waals surface area contributed by atoms with E-state index >= 15 is 0 Å². The van der Waals surface area contributed by atoms with Crippen LogP contribution in [0.5, 0.6) is 0 Å². The summed E-state index contributed by atoms with van der Waals surface area (Å²) < 4.78 is 5.24. The molecule has 1 aliphatic rings. The van der Waals surface area contributed by atoms with Gasteiger partial charge in [-0.05, 0) is 6.42 Å². The largest absolute Gasteiger partial charge is 0.392 e. The van der Waals surface area contributed by atoms with E-state index in [9.17, 15) is 0 Å². The van der Waals surface area contributed by atoms with Crippen LogP contribution in [0, 0.1) is 0 Å². The molecule has 4 heteroatoms. The van der Waals surface area contributed by atoms with Crippen LogP contribution in [0.3, 0.4) is 0 Å². The number of rotatable bonds is 2. The van der Waals surface area contributed by atoms with E-state index in [1.165, 1.54) is 0 Å². The second kappa shape index (κ2) is 3.81. The Labute approximate surface area is 76.6 Å². The highest BCUT2D eigenvalue weighted by atomic mass is 16.5. The lowest BCUT2D eigenvalue weighted by Crippen LogP contribution is -2.04. The smallest absolute Gasteiger partial charge is 0.133 e. The van der Waals surface area contributed by atoms with Crippen molar-refractivity contribution in [1.29, 1.82) is 0 Å². The summed E-state index contributed by atoms with van der Waals surface area (Å²) in [7, 11) is 0. The molecule has 70 valence electrons. The topological polar surface area (TPSA) is 55.2 Å². The van der Waals surface area contributed by atoms with Crippen molar-refractivity contribution in [3.05, 3.63) is 23.8 Å². The molecule has 1 saturated heterocycles. The van der Waals surface area contributed by atoms with Gasteiger partial charge in [0.25, 0.3) is 0 Å². The molecular formula is C9H12N2O2.